The van der Waals surface area contributed by atoms with Gasteiger partial charge in [-0.25, -0.2) is 9.37 Å². The summed E-state index contributed by atoms with van der Waals surface area (Å²) in [5, 5.41) is 6.02. The van der Waals surface area contributed by atoms with E-state index in [1.54, 1.807) is 19.2 Å². The van der Waals surface area contributed by atoms with Gasteiger partial charge in [0.25, 0.3) is 5.91 Å². The lowest BCUT2D eigenvalue weighted by Gasteiger charge is -2.23. The standard InChI is InChI=1S/C24H22FN5O2/c1-11-7-16(15(9-26-11)12(2)31)29-22-19(25)17-13(8-27-22)3-4-14-18-21(30-20(14)17)24(5-6-24)10-28-23(18)32/h7-9,30H,3-6,10H2,1-2H3,(H,28,32)(H,26,27,29). The van der Waals surface area contributed by atoms with E-state index in [9.17, 15) is 9.59 Å². The molecule has 1 amide bonds. The van der Waals surface area contributed by atoms with Crippen LogP contribution in [0, 0.1) is 12.7 Å². The van der Waals surface area contributed by atoms with Crippen LogP contribution in [0.5, 0.6) is 0 Å². The molecule has 0 bridgehead atoms. The number of fused-ring (bicyclic) bond motifs is 6. The van der Waals surface area contributed by atoms with Gasteiger partial charge in [0, 0.05) is 41.3 Å². The predicted molar refractivity (Wildman–Crippen MR) is 117 cm³/mol. The van der Waals surface area contributed by atoms with Crippen molar-refractivity contribution in [2.24, 2.45) is 0 Å². The molecule has 2 aliphatic carbocycles. The molecule has 8 heteroatoms. The quantitative estimate of drug-likeness (QED) is 0.549. The number of carbonyl (C=O) groups excluding carboxylic acids is 2. The fourth-order valence-corrected chi connectivity index (χ4v) is 5.06. The number of hydrogen-bond donors (Lipinski definition) is 3. The number of ketones is 1. The second kappa shape index (κ2) is 6.48. The molecule has 1 fully saturated rings. The molecule has 3 aromatic heterocycles. The molecular formula is C24H22FN5O2. The summed E-state index contributed by atoms with van der Waals surface area (Å²) in [6.45, 7) is 3.88. The maximum absolute atomic E-state index is 15.9. The minimum Gasteiger partial charge on any atom is -0.357 e. The molecule has 3 aromatic rings. The largest absolute Gasteiger partial charge is 0.357 e. The number of rotatable bonds is 3. The Kier molecular flexibility index (Phi) is 3.88. The predicted octanol–water partition coefficient (Wildman–Crippen LogP) is 3.74. The number of hydrogen-bond acceptors (Lipinski definition) is 5. The summed E-state index contributed by atoms with van der Waals surface area (Å²) < 4.78 is 15.9. The maximum atomic E-state index is 15.9. The number of anilines is 2. The average molecular weight is 431 g/mol. The molecule has 6 rings (SSSR count). The normalized spacial score (nSPS) is 17.3. The van der Waals surface area contributed by atoms with Crippen LogP contribution in [0.3, 0.4) is 0 Å². The highest BCUT2D eigenvalue weighted by atomic mass is 19.1. The fraction of sp³-hybridized carbons (Fsp3) is 0.333. The number of nitrogens with zero attached hydrogens (tertiary/aromatic N) is 2. The van der Waals surface area contributed by atoms with Crippen molar-refractivity contribution in [1.82, 2.24) is 20.3 Å². The number of aromatic nitrogens is 3. The summed E-state index contributed by atoms with van der Waals surface area (Å²) in [7, 11) is 0. The third kappa shape index (κ3) is 2.65. The monoisotopic (exact) mass is 431 g/mol. The highest BCUT2D eigenvalue weighted by Gasteiger charge is 2.51. The lowest BCUT2D eigenvalue weighted by molar-refractivity contribution is 0.0935. The number of pyridine rings is 2. The summed E-state index contributed by atoms with van der Waals surface area (Å²) in [6, 6.07) is 1.71. The van der Waals surface area contributed by atoms with Gasteiger partial charge in [-0.2, -0.15) is 0 Å². The Bertz CT molecular complexity index is 1340. The van der Waals surface area contributed by atoms with Crippen molar-refractivity contribution in [1.29, 1.82) is 0 Å². The molecule has 4 heterocycles. The molecule has 0 aromatic carbocycles. The fourth-order valence-electron chi connectivity index (χ4n) is 5.06. The van der Waals surface area contributed by atoms with Gasteiger partial charge in [0.15, 0.2) is 17.4 Å². The first kappa shape index (κ1) is 19.2. The number of Topliss-reactive ketones (excluding diaryl/α,β-unsaturated/α-hetero) is 1. The number of halogens is 1. The van der Waals surface area contributed by atoms with Crippen LogP contribution in [0.25, 0.3) is 11.3 Å². The van der Waals surface area contributed by atoms with Crippen LogP contribution in [0.2, 0.25) is 0 Å². The molecular weight excluding hydrogens is 409 g/mol. The van der Waals surface area contributed by atoms with Crippen LogP contribution in [0.1, 0.15) is 63.0 Å². The number of amides is 1. The van der Waals surface area contributed by atoms with Crippen molar-refractivity contribution in [2.45, 2.75) is 44.9 Å². The minimum atomic E-state index is -0.490. The Balaban J connectivity index is 1.49. The van der Waals surface area contributed by atoms with Gasteiger partial charge in [0.05, 0.1) is 22.5 Å². The second-order valence-electron chi connectivity index (χ2n) is 9.07. The zero-order valence-corrected chi connectivity index (χ0v) is 17.9. The zero-order valence-electron chi connectivity index (χ0n) is 17.9. The van der Waals surface area contributed by atoms with Gasteiger partial charge < -0.3 is 15.6 Å². The second-order valence-corrected chi connectivity index (χ2v) is 9.07. The lowest BCUT2D eigenvalue weighted by Crippen LogP contribution is -2.39. The maximum Gasteiger partial charge on any atom is 0.253 e. The summed E-state index contributed by atoms with van der Waals surface area (Å²) in [4.78, 5) is 36.6. The zero-order chi connectivity index (χ0) is 22.2. The van der Waals surface area contributed by atoms with Gasteiger partial charge in [-0.3, -0.25) is 14.6 Å². The van der Waals surface area contributed by atoms with E-state index in [-0.39, 0.29) is 22.9 Å². The van der Waals surface area contributed by atoms with Gasteiger partial charge in [0.1, 0.15) is 0 Å². The third-order valence-electron chi connectivity index (χ3n) is 6.97. The molecule has 3 aliphatic rings. The molecule has 0 atom stereocenters. The molecule has 7 nitrogen and oxygen atoms in total. The molecule has 1 spiro atoms. The van der Waals surface area contributed by atoms with Crippen LogP contribution < -0.4 is 10.6 Å². The van der Waals surface area contributed by atoms with Crippen LogP contribution >= 0.6 is 0 Å². The number of aryl methyl sites for hydroxylation is 2. The molecule has 0 saturated heterocycles. The minimum absolute atomic E-state index is 0.0315. The van der Waals surface area contributed by atoms with Crippen molar-refractivity contribution < 1.29 is 14.0 Å². The smallest absolute Gasteiger partial charge is 0.253 e. The van der Waals surface area contributed by atoms with Crippen LogP contribution in [0.4, 0.5) is 15.9 Å². The van der Waals surface area contributed by atoms with E-state index >= 15 is 4.39 Å². The van der Waals surface area contributed by atoms with Crippen molar-refractivity contribution in [2.75, 3.05) is 11.9 Å². The molecule has 0 radical (unpaired) electrons. The Morgan fingerprint density at radius 2 is 2.00 bits per heavy atom. The van der Waals surface area contributed by atoms with Gasteiger partial charge >= 0.3 is 0 Å². The van der Waals surface area contributed by atoms with Gasteiger partial charge in [-0.05, 0) is 56.7 Å². The Morgan fingerprint density at radius 3 is 2.75 bits per heavy atom. The number of H-pyrrole nitrogens is 1. The summed E-state index contributed by atoms with van der Waals surface area (Å²) >= 11 is 0. The molecule has 32 heavy (non-hydrogen) atoms. The molecule has 3 N–H and O–H groups in total. The van der Waals surface area contributed by atoms with Gasteiger partial charge in [-0.1, -0.05) is 0 Å². The molecule has 0 unspecified atom stereocenters. The molecule has 1 saturated carbocycles. The van der Waals surface area contributed by atoms with Crippen molar-refractivity contribution in [3.63, 3.8) is 0 Å². The Hall–Kier alpha value is -3.55. The number of carbonyl (C=O) groups is 2. The van der Waals surface area contributed by atoms with Crippen LogP contribution in [-0.4, -0.2) is 33.2 Å². The summed E-state index contributed by atoms with van der Waals surface area (Å²) in [5.41, 5.74) is 5.99. The molecule has 1 aliphatic heterocycles. The highest BCUT2D eigenvalue weighted by Crippen LogP contribution is 2.53. The highest BCUT2D eigenvalue weighted by molar-refractivity contribution is 6.02. The Labute approximate surface area is 183 Å². The van der Waals surface area contributed by atoms with Gasteiger partial charge in [0.2, 0.25) is 0 Å². The first-order valence-electron chi connectivity index (χ1n) is 10.8. The average Bonchev–Trinajstić information content (AvgIpc) is 3.43. The van der Waals surface area contributed by atoms with E-state index in [1.807, 2.05) is 0 Å². The van der Waals surface area contributed by atoms with Crippen molar-refractivity contribution in [3.05, 3.63) is 57.9 Å². The topological polar surface area (TPSA) is 99.8 Å². The Morgan fingerprint density at radius 1 is 1.19 bits per heavy atom. The SMILES string of the molecule is CC(=O)c1cnc(C)cc1Nc1ncc2c(c1F)-c1[nH]c3c(c1CC2)C(=O)NCC31CC1. The first-order valence-corrected chi connectivity index (χ1v) is 10.8. The van der Waals surface area contributed by atoms with Crippen molar-refractivity contribution in [3.8, 4) is 11.3 Å². The van der Waals surface area contributed by atoms with Crippen LogP contribution in [0.15, 0.2) is 18.5 Å². The molecule has 162 valence electrons. The summed E-state index contributed by atoms with van der Waals surface area (Å²) in [6.07, 6.45) is 6.49. The van der Waals surface area contributed by atoms with E-state index in [0.29, 0.717) is 53.2 Å². The summed E-state index contributed by atoms with van der Waals surface area (Å²) in [5.74, 6) is -0.692. The van der Waals surface area contributed by atoms with Crippen molar-refractivity contribution >= 4 is 23.2 Å². The van der Waals surface area contributed by atoms with E-state index in [4.69, 9.17) is 0 Å². The van der Waals surface area contributed by atoms with Gasteiger partial charge in [-0.15, -0.1) is 0 Å². The van der Waals surface area contributed by atoms with E-state index in [2.05, 4.69) is 25.6 Å². The third-order valence-corrected chi connectivity index (χ3v) is 6.97. The number of nitrogens with one attached hydrogen (secondary N) is 3. The van der Waals surface area contributed by atoms with E-state index in [0.717, 1.165) is 29.7 Å². The van der Waals surface area contributed by atoms with E-state index in [1.165, 1.54) is 13.1 Å². The van der Waals surface area contributed by atoms with E-state index < -0.39 is 5.82 Å². The first-order chi connectivity index (χ1) is 15.4. The number of aromatic amines is 1. The lowest BCUT2D eigenvalue weighted by atomic mass is 9.86. The van der Waals surface area contributed by atoms with Crippen LogP contribution in [-0.2, 0) is 18.3 Å².